The number of aromatic nitrogens is 2. The van der Waals surface area contributed by atoms with Crippen LogP contribution < -0.4 is 15.1 Å². The van der Waals surface area contributed by atoms with Crippen molar-refractivity contribution >= 4 is 17.3 Å². The van der Waals surface area contributed by atoms with E-state index in [9.17, 15) is 4.79 Å². The van der Waals surface area contributed by atoms with Crippen LogP contribution in [0.15, 0.2) is 30.7 Å². The minimum atomic E-state index is 0.0561. The Bertz CT molecular complexity index is 653. The van der Waals surface area contributed by atoms with Crippen LogP contribution in [0, 0.1) is 0 Å². The van der Waals surface area contributed by atoms with Gasteiger partial charge in [-0.2, -0.15) is 0 Å². The molecule has 2 aromatic rings. The molecule has 2 heterocycles. The van der Waals surface area contributed by atoms with Crippen LogP contribution in [0.3, 0.4) is 0 Å². The monoisotopic (exact) mass is 299 g/mol. The smallest absolute Gasteiger partial charge is 0.240 e. The average Bonchev–Trinajstić information content (AvgIpc) is 3.17. The average molecular weight is 299 g/mol. The molecule has 0 bridgehead atoms. The Hall–Kier alpha value is -2.34. The van der Waals surface area contributed by atoms with Crippen LogP contribution >= 0.6 is 0 Å². The van der Waals surface area contributed by atoms with Crippen molar-refractivity contribution in [2.24, 2.45) is 0 Å². The summed E-state index contributed by atoms with van der Waals surface area (Å²) in [7, 11) is 3.59. The Kier molecular flexibility index (Phi) is 4.11. The number of anilines is 2. The summed E-state index contributed by atoms with van der Waals surface area (Å²) in [5.41, 5.74) is 4.56. The largest absolute Gasteiger partial charge is 0.365 e. The number of hydrogen-bond acceptors (Lipinski definition) is 4. The molecule has 2 N–H and O–H groups in total. The molecule has 0 unspecified atom stereocenters. The van der Waals surface area contributed by atoms with Crippen LogP contribution in [0.1, 0.15) is 11.3 Å². The van der Waals surface area contributed by atoms with E-state index in [4.69, 9.17) is 0 Å². The number of aromatic amines is 1. The molecule has 0 fully saturated rings. The molecule has 1 aliphatic rings. The summed E-state index contributed by atoms with van der Waals surface area (Å²) < 4.78 is 0. The number of amides is 1. The second-order valence-corrected chi connectivity index (χ2v) is 5.54. The van der Waals surface area contributed by atoms with Gasteiger partial charge in [0.25, 0.3) is 0 Å². The third-order valence-corrected chi connectivity index (χ3v) is 4.07. The van der Waals surface area contributed by atoms with Gasteiger partial charge in [-0.1, -0.05) is 6.07 Å². The standard InChI is InChI=1S/C16H21N5O/c1-17-9-16(22)20(2)14-4-3-12-5-6-21(15(12)7-14)10-13-8-18-11-19-13/h3-4,7-8,11,17H,5-6,9-10H2,1-2H3,(H,18,19). The van der Waals surface area contributed by atoms with Crippen LogP contribution in [0.4, 0.5) is 11.4 Å². The molecular weight excluding hydrogens is 278 g/mol. The summed E-state index contributed by atoms with van der Waals surface area (Å²) in [6.07, 6.45) is 4.59. The molecule has 0 atom stereocenters. The highest BCUT2D eigenvalue weighted by Gasteiger charge is 2.21. The zero-order chi connectivity index (χ0) is 15.5. The Morgan fingerprint density at radius 3 is 3.09 bits per heavy atom. The number of rotatable bonds is 5. The first-order chi connectivity index (χ1) is 10.7. The van der Waals surface area contributed by atoms with Gasteiger partial charge in [0.1, 0.15) is 0 Å². The lowest BCUT2D eigenvalue weighted by Gasteiger charge is -2.22. The second-order valence-electron chi connectivity index (χ2n) is 5.54. The maximum atomic E-state index is 12.0. The van der Waals surface area contributed by atoms with Crippen LogP contribution in [0.25, 0.3) is 0 Å². The van der Waals surface area contributed by atoms with E-state index in [1.54, 1.807) is 18.3 Å². The maximum Gasteiger partial charge on any atom is 0.240 e. The predicted octanol–water partition coefficient (Wildman–Crippen LogP) is 1.15. The lowest BCUT2D eigenvalue weighted by atomic mass is 10.1. The summed E-state index contributed by atoms with van der Waals surface area (Å²) >= 11 is 0. The molecular formula is C16H21N5O. The Morgan fingerprint density at radius 2 is 2.36 bits per heavy atom. The molecule has 116 valence electrons. The van der Waals surface area contributed by atoms with E-state index in [1.807, 2.05) is 19.3 Å². The number of fused-ring (bicyclic) bond motifs is 1. The quantitative estimate of drug-likeness (QED) is 0.869. The number of imidazole rings is 1. The summed E-state index contributed by atoms with van der Waals surface area (Å²) in [5, 5.41) is 2.90. The fourth-order valence-corrected chi connectivity index (χ4v) is 2.80. The summed E-state index contributed by atoms with van der Waals surface area (Å²) in [5.74, 6) is 0.0561. The second kappa shape index (κ2) is 6.19. The highest BCUT2D eigenvalue weighted by atomic mass is 16.2. The molecule has 1 amide bonds. The number of nitrogens with zero attached hydrogens (tertiary/aromatic N) is 3. The number of carbonyl (C=O) groups excluding carboxylic acids is 1. The molecule has 3 rings (SSSR count). The van der Waals surface area contributed by atoms with Gasteiger partial charge in [-0.25, -0.2) is 4.98 Å². The van der Waals surface area contributed by atoms with Gasteiger partial charge in [0.2, 0.25) is 5.91 Å². The number of H-pyrrole nitrogens is 1. The molecule has 22 heavy (non-hydrogen) atoms. The van der Waals surface area contributed by atoms with Gasteiger partial charge in [-0.15, -0.1) is 0 Å². The summed E-state index contributed by atoms with van der Waals surface area (Å²) in [6.45, 7) is 2.14. The van der Waals surface area contributed by atoms with Gasteiger partial charge in [0, 0.05) is 31.2 Å². The molecule has 0 saturated carbocycles. The Balaban J connectivity index is 1.81. The first kappa shape index (κ1) is 14.6. The predicted molar refractivity (Wildman–Crippen MR) is 87.1 cm³/mol. The Labute approximate surface area is 130 Å². The minimum Gasteiger partial charge on any atom is -0.365 e. The summed E-state index contributed by atoms with van der Waals surface area (Å²) in [6, 6.07) is 6.25. The number of carbonyl (C=O) groups is 1. The number of nitrogens with one attached hydrogen (secondary N) is 2. The van der Waals surface area contributed by atoms with Crippen LogP contribution in [-0.4, -0.2) is 43.1 Å². The minimum absolute atomic E-state index is 0.0561. The van der Waals surface area contributed by atoms with E-state index in [-0.39, 0.29) is 5.91 Å². The molecule has 0 aliphatic carbocycles. The van der Waals surface area contributed by atoms with Gasteiger partial charge in [-0.3, -0.25) is 4.79 Å². The fourth-order valence-electron chi connectivity index (χ4n) is 2.80. The van der Waals surface area contributed by atoms with Crippen molar-refractivity contribution < 1.29 is 4.79 Å². The van der Waals surface area contributed by atoms with Crippen LogP contribution in [0.2, 0.25) is 0 Å². The van der Waals surface area contributed by atoms with Crippen molar-refractivity contribution in [3.8, 4) is 0 Å². The lowest BCUT2D eigenvalue weighted by Crippen LogP contribution is -2.34. The van der Waals surface area contributed by atoms with Gasteiger partial charge < -0.3 is 20.1 Å². The van der Waals surface area contributed by atoms with Crippen molar-refractivity contribution in [3.05, 3.63) is 42.0 Å². The zero-order valence-corrected chi connectivity index (χ0v) is 13.0. The van der Waals surface area contributed by atoms with Gasteiger partial charge in [-0.05, 0) is 31.2 Å². The highest BCUT2D eigenvalue weighted by Crippen LogP contribution is 2.32. The van der Waals surface area contributed by atoms with Crippen molar-refractivity contribution in [1.29, 1.82) is 0 Å². The zero-order valence-electron chi connectivity index (χ0n) is 13.0. The molecule has 6 heteroatoms. The molecule has 6 nitrogen and oxygen atoms in total. The number of hydrogen-bond donors (Lipinski definition) is 2. The Morgan fingerprint density at radius 1 is 1.50 bits per heavy atom. The van der Waals surface area contributed by atoms with Crippen molar-refractivity contribution in [2.75, 3.05) is 37.0 Å². The third kappa shape index (κ3) is 2.82. The first-order valence-electron chi connectivity index (χ1n) is 7.45. The fraction of sp³-hybridized carbons (Fsp3) is 0.375. The third-order valence-electron chi connectivity index (χ3n) is 4.07. The molecule has 0 radical (unpaired) electrons. The van der Waals surface area contributed by atoms with Crippen molar-refractivity contribution in [3.63, 3.8) is 0 Å². The van der Waals surface area contributed by atoms with E-state index in [1.165, 1.54) is 11.3 Å². The van der Waals surface area contributed by atoms with E-state index >= 15 is 0 Å². The SMILES string of the molecule is CNCC(=O)N(C)c1ccc2c(c1)N(Cc1cnc[nH]1)CC2. The summed E-state index contributed by atoms with van der Waals surface area (Å²) in [4.78, 5) is 23.2. The van der Waals surface area contributed by atoms with E-state index in [2.05, 4.69) is 32.3 Å². The molecule has 0 spiro atoms. The van der Waals surface area contributed by atoms with E-state index < -0.39 is 0 Å². The van der Waals surface area contributed by atoms with Gasteiger partial charge in [0.15, 0.2) is 0 Å². The van der Waals surface area contributed by atoms with Crippen molar-refractivity contribution in [2.45, 2.75) is 13.0 Å². The number of benzene rings is 1. The van der Waals surface area contributed by atoms with Crippen molar-refractivity contribution in [1.82, 2.24) is 15.3 Å². The van der Waals surface area contributed by atoms with Crippen LogP contribution in [-0.2, 0) is 17.8 Å². The molecule has 1 aliphatic heterocycles. The molecule has 1 aromatic heterocycles. The van der Waals surface area contributed by atoms with E-state index in [0.29, 0.717) is 6.54 Å². The maximum absolute atomic E-state index is 12.0. The number of likely N-dealkylation sites (N-methyl/N-ethyl adjacent to an activating group) is 2. The highest BCUT2D eigenvalue weighted by molar-refractivity contribution is 5.94. The van der Waals surface area contributed by atoms with Gasteiger partial charge in [0.05, 0.1) is 25.1 Å². The normalized spacial score (nSPS) is 13.3. The molecule has 0 saturated heterocycles. The molecule has 1 aromatic carbocycles. The topological polar surface area (TPSA) is 64.3 Å². The lowest BCUT2D eigenvalue weighted by molar-refractivity contribution is -0.117. The van der Waals surface area contributed by atoms with Gasteiger partial charge >= 0.3 is 0 Å². The van der Waals surface area contributed by atoms with E-state index in [0.717, 1.165) is 30.9 Å². The first-order valence-corrected chi connectivity index (χ1v) is 7.45. The van der Waals surface area contributed by atoms with Crippen LogP contribution in [0.5, 0.6) is 0 Å².